The molecule has 0 unspecified atom stereocenters. The topological polar surface area (TPSA) is 78.8 Å². The molecule has 132 valence electrons. The van der Waals surface area contributed by atoms with Crippen LogP contribution in [0.4, 0.5) is 17.1 Å². The van der Waals surface area contributed by atoms with Gasteiger partial charge in [-0.15, -0.1) is 0 Å². The zero-order valence-electron chi connectivity index (χ0n) is 14.3. The molecule has 0 fully saturated rings. The quantitative estimate of drug-likeness (QED) is 0.551. The maximum Gasteiger partial charge on any atom is 0.262 e. The molecule has 1 N–H and O–H groups in total. The summed E-state index contributed by atoms with van der Waals surface area (Å²) in [6.07, 6.45) is 1.43. The molecule has 0 aliphatic rings. The minimum Gasteiger partial charge on any atom is -0.377 e. The van der Waals surface area contributed by atoms with Gasteiger partial charge >= 0.3 is 0 Å². The third kappa shape index (κ3) is 3.31. The summed E-state index contributed by atoms with van der Waals surface area (Å²) in [5.41, 5.74) is 1.35. The monoisotopic (exact) mass is 367 g/mol. The summed E-state index contributed by atoms with van der Waals surface area (Å²) in [4.78, 5) is 16.2. The fourth-order valence-corrected chi connectivity index (χ4v) is 4.09. The number of sulfonamides is 1. The van der Waals surface area contributed by atoms with Crippen LogP contribution in [0.3, 0.4) is 0 Å². The van der Waals surface area contributed by atoms with Gasteiger partial charge in [0.25, 0.3) is 10.0 Å². The molecule has 0 spiro atoms. The smallest absolute Gasteiger partial charge is 0.262 e. The summed E-state index contributed by atoms with van der Waals surface area (Å²) in [7, 11) is -0.0723. The van der Waals surface area contributed by atoms with Crippen LogP contribution in [0, 0.1) is 0 Å². The van der Waals surface area contributed by atoms with E-state index in [1.54, 1.807) is 36.4 Å². The van der Waals surface area contributed by atoms with Crippen LogP contribution in [0.25, 0.3) is 10.8 Å². The van der Waals surface area contributed by atoms with Crippen molar-refractivity contribution in [3.8, 4) is 0 Å². The van der Waals surface area contributed by atoms with Crippen LogP contribution in [0.2, 0.25) is 0 Å². The van der Waals surface area contributed by atoms with Crippen molar-refractivity contribution in [2.75, 3.05) is 23.7 Å². The summed E-state index contributed by atoms with van der Waals surface area (Å²) in [5.74, 6) is 0. The lowest BCUT2D eigenvalue weighted by Crippen LogP contribution is -2.14. The van der Waals surface area contributed by atoms with Gasteiger partial charge in [0.1, 0.15) is 5.69 Å². The van der Waals surface area contributed by atoms with Crippen molar-refractivity contribution < 1.29 is 13.2 Å². The van der Waals surface area contributed by atoms with E-state index in [2.05, 4.69) is 9.71 Å². The average molecular weight is 367 g/mol. The first-order chi connectivity index (χ1) is 12.4. The van der Waals surface area contributed by atoms with Gasteiger partial charge in [0.2, 0.25) is 6.08 Å². The first kappa shape index (κ1) is 17.7. The predicted molar refractivity (Wildman–Crippen MR) is 103 cm³/mol. The van der Waals surface area contributed by atoms with E-state index in [0.717, 1.165) is 11.1 Å². The van der Waals surface area contributed by atoms with Gasteiger partial charge < -0.3 is 4.90 Å². The number of hydrogen-bond acceptors (Lipinski definition) is 5. The number of fused-ring (bicyclic) bond motifs is 1. The van der Waals surface area contributed by atoms with Crippen LogP contribution in [0.1, 0.15) is 0 Å². The van der Waals surface area contributed by atoms with Crippen LogP contribution < -0.4 is 9.62 Å². The van der Waals surface area contributed by atoms with Crippen LogP contribution >= 0.6 is 0 Å². The zero-order chi connectivity index (χ0) is 18.7. The van der Waals surface area contributed by atoms with E-state index in [-0.39, 0.29) is 16.3 Å². The minimum atomic E-state index is -3.88. The third-order valence-electron chi connectivity index (χ3n) is 3.94. The minimum absolute atomic E-state index is 0.156. The largest absolute Gasteiger partial charge is 0.377 e. The number of nitrogens with one attached hydrogen (secondary N) is 1. The van der Waals surface area contributed by atoms with E-state index in [9.17, 15) is 13.2 Å². The SMILES string of the molecule is CN(C)c1cccc2c(S(=O)(=O)Nc3ccccc3N=C=O)cccc12. The highest BCUT2D eigenvalue weighted by molar-refractivity contribution is 7.93. The molecular formula is C19H17N3O3S. The summed E-state index contributed by atoms with van der Waals surface area (Å²) in [6.45, 7) is 0. The van der Waals surface area contributed by atoms with Crippen LogP contribution in [0.15, 0.2) is 70.6 Å². The van der Waals surface area contributed by atoms with Gasteiger partial charge in [0.15, 0.2) is 0 Å². The normalized spacial score (nSPS) is 11.0. The van der Waals surface area contributed by atoms with Crippen molar-refractivity contribution >= 4 is 43.9 Å². The van der Waals surface area contributed by atoms with Gasteiger partial charge in [-0.05, 0) is 24.3 Å². The Morgan fingerprint density at radius 3 is 2.35 bits per heavy atom. The van der Waals surface area contributed by atoms with Crippen molar-refractivity contribution in [1.82, 2.24) is 0 Å². The number of para-hydroxylation sites is 2. The molecule has 0 aromatic heterocycles. The third-order valence-corrected chi connectivity index (χ3v) is 5.37. The van der Waals surface area contributed by atoms with Gasteiger partial charge in [0, 0.05) is 30.6 Å². The van der Waals surface area contributed by atoms with Crippen LogP contribution in [0.5, 0.6) is 0 Å². The maximum absolute atomic E-state index is 13.0. The van der Waals surface area contributed by atoms with Crippen LogP contribution in [-0.4, -0.2) is 28.6 Å². The Labute approximate surface area is 151 Å². The Kier molecular flexibility index (Phi) is 4.75. The van der Waals surface area contributed by atoms with Gasteiger partial charge in [-0.2, -0.15) is 4.99 Å². The lowest BCUT2D eigenvalue weighted by atomic mass is 10.1. The second-order valence-corrected chi connectivity index (χ2v) is 7.50. The predicted octanol–water partition coefficient (Wildman–Crippen LogP) is 3.67. The fraction of sp³-hybridized carbons (Fsp3) is 0.105. The van der Waals surface area contributed by atoms with Crippen molar-refractivity contribution in [3.63, 3.8) is 0 Å². The maximum atomic E-state index is 13.0. The molecule has 0 saturated heterocycles. The van der Waals surface area contributed by atoms with E-state index in [4.69, 9.17) is 0 Å². The van der Waals surface area contributed by atoms with Gasteiger partial charge in [-0.3, -0.25) is 4.72 Å². The first-order valence-corrected chi connectivity index (χ1v) is 9.31. The second kappa shape index (κ2) is 7.00. The van der Waals surface area contributed by atoms with Crippen molar-refractivity contribution in [2.24, 2.45) is 4.99 Å². The number of hydrogen-bond donors (Lipinski definition) is 1. The molecule has 0 radical (unpaired) electrons. The highest BCUT2D eigenvalue weighted by Crippen LogP contribution is 2.32. The Morgan fingerprint density at radius 1 is 0.923 bits per heavy atom. The lowest BCUT2D eigenvalue weighted by molar-refractivity contribution is 0.565. The molecule has 0 amide bonds. The number of anilines is 2. The summed E-state index contributed by atoms with van der Waals surface area (Å²) >= 11 is 0. The van der Waals surface area contributed by atoms with Gasteiger partial charge in [0.05, 0.1) is 10.6 Å². The Balaban J connectivity index is 2.14. The number of rotatable bonds is 5. The molecule has 3 aromatic carbocycles. The summed E-state index contributed by atoms with van der Waals surface area (Å²) in [6, 6.07) is 17.1. The fourth-order valence-electron chi connectivity index (χ4n) is 2.80. The molecule has 0 heterocycles. The average Bonchev–Trinajstić information content (AvgIpc) is 2.62. The number of nitrogens with zero attached hydrogens (tertiary/aromatic N) is 2. The molecule has 0 atom stereocenters. The molecule has 0 aliphatic carbocycles. The van der Waals surface area contributed by atoms with Crippen LogP contribution in [-0.2, 0) is 14.8 Å². The summed E-state index contributed by atoms with van der Waals surface area (Å²) in [5, 5.41) is 1.45. The Morgan fingerprint density at radius 2 is 1.62 bits per heavy atom. The van der Waals surface area contributed by atoms with E-state index in [0.29, 0.717) is 5.39 Å². The molecule has 3 aromatic rings. The van der Waals surface area contributed by atoms with E-state index >= 15 is 0 Å². The second-order valence-electron chi connectivity index (χ2n) is 5.85. The molecule has 3 rings (SSSR count). The van der Waals surface area contributed by atoms with Crippen molar-refractivity contribution in [3.05, 3.63) is 60.7 Å². The molecule has 0 bridgehead atoms. The number of aliphatic imine (C=N–C) groups is 1. The Bertz CT molecular complexity index is 1120. The zero-order valence-corrected chi connectivity index (χ0v) is 15.1. The van der Waals surface area contributed by atoms with E-state index in [1.165, 1.54) is 12.1 Å². The molecule has 6 nitrogen and oxygen atoms in total. The lowest BCUT2D eigenvalue weighted by Gasteiger charge is -2.17. The summed E-state index contributed by atoms with van der Waals surface area (Å²) < 4.78 is 28.5. The standard InChI is InChI=1S/C19H17N3O3S/c1-22(2)18-11-5-8-15-14(18)7-6-12-19(15)26(24,25)21-17-10-4-3-9-16(17)20-13-23/h3-12,21H,1-2H3. The number of isocyanates is 1. The number of carbonyl (C=O) groups excluding carboxylic acids is 1. The highest BCUT2D eigenvalue weighted by atomic mass is 32.2. The van der Waals surface area contributed by atoms with Gasteiger partial charge in [-0.1, -0.05) is 36.4 Å². The molecule has 7 heteroatoms. The molecule has 26 heavy (non-hydrogen) atoms. The van der Waals surface area contributed by atoms with E-state index in [1.807, 2.05) is 37.2 Å². The van der Waals surface area contributed by atoms with Gasteiger partial charge in [-0.25, -0.2) is 13.2 Å². The number of benzene rings is 3. The highest BCUT2D eigenvalue weighted by Gasteiger charge is 2.19. The molecule has 0 aliphatic heterocycles. The van der Waals surface area contributed by atoms with E-state index < -0.39 is 10.0 Å². The first-order valence-electron chi connectivity index (χ1n) is 7.83. The molecular weight excluding hydrogens is 350 g/mol. The van der Waals surface area contributed by atoms with Crippen molar-refractivity contribution in [1.29, 1.82) is 0 Å². The van der Waals surface area contributed by atoms with Crippen molar-refractivity contribution in [2.45, 2.75) is 4.90 Å². The molecule has 0 saturated carbocycles. The Hall–Kier alpha value is -3.15.